The highest BCUT2D eigenvalue weighted by molar-refractivity contribution is 5.57. The standard InChI is InChI=1S/C17H14N4/c18-12-14-6-4-5-9-17(14)19-13-15-10-11-21(20-15)16-7-2-1-3-8-16/h1-11,19H,13H2. The van der Waals surface area contributed by atoms with Gasteiger partial charge in [0.2, 0.25) is 0 Å². The van der Waals surface area contributed by atoms with Crippen LogP contribution in [-0.2, 0) is 6.54 Å². The number of benzene rings is 2. The third kappa shape index (κ3) is 2.93. The minimum atomic E-state index is 0.582. The number of rotatable bonds is 4. The molecule has 1 aromatic heterocycles. The van der Waals surface area contributed by atoms with Gasteiger partial charge in [-0.2, -0.15) is 10.4 Å². The van der Waals surface area contributed by atoms with E-state index in [2.05, 4.69) is 16.5 Å². The maximum absolute atomic E-state index is 9.06. The first kappa shape index (κ1) is 12.9. The first-order chi connectivity index (χ1) is 10.4. The van der Waals surface area contributed by atoms with Crippen LogP contribution in [0.25, 0.3) is 5.69 Å². The second-order valence-corrected chi connectivity index (χ2v) is 4.60. The summed E-state index contributed by atoms with van der Waals surface area (Å²) in [4.78, 5) is 0. The van der Waals surface area contributed by atoms with Crippen molar-refractivity contribution in [3.05, 3.63) is 78.1 Å². The summed E-state index contributed by atoms with van der Waals surface area (Å²) in [7, 11) is 0. The topological polar surface area (TPSA) is 53.6 Å². The number of anilines is 1. The predicted molar refractivity (Wildman–Crippen MR) is 82.0 cm³/mol. The van der Waals surface area contributed by atoms with Crippen LogP contribution >= 0.6 is 0 Å². The van der Waals surface area contributed by atoms with E-state index in [1.165, 1.54) is 0 Å². The fourth-order valence-corrected chi connectivity index (χ4v) is 2.10. The van der Waals surface area contributed by atoms with E-state index >= 15 is 0 Å². The van der Waals surface area contributed by atoms with Crippen LogP contribution in [0.4, 0.5) is 5.69 Å². The summed E-state index contributed by atoms with van der Waals surface area (Å²) in [5.74, 6) is 0. The summed E-state index contributed by atoms with van der Waals surface area (Å²) in [6.07, 6.45) is 1.93. The van der Waals surface area contributed by atoms with E-state index in [1.54, 1.807) is 6.07 Å². The SMILES string of the molecule is N#Cc1ccccc1NCc1ccn(-c2ccccc2)n1. The maximum Gasteiger partial charge on any atom is 0.101 e. The molecular weight excluding hydrogens is 260 g/mol. The summed E-state index contributed by atoms with van der Waals surface area (Å²) in [5, 5.41) is 16.8. The molecule has 102 valence electrons. The molecule has 21 heavy (non-hydrogen) atoms. The maximum atomic E-state index is 9.06. The van der Waals surface area contributed by atoms with Crippen LogP contribution in [0.2, 0.25) is 0 Å². The number of nitriles is 1. The van der Waals surface area contributed by atoms with Gasteiger partial charge in [-0.15, -0.1) is 0 Å². The van der Waals surface area contributed by atoms with E-state index in [1.807, 2.05) is 65.5 Å². The molecule has 1 N–H and O–H groups in total. The summed E-state index contributed by atoms with van der Waals surface area (Å²) in [6, 6.07) is 21.6. The molecule has 2 aromatic carbocycles. The van der Waals surface area contributed by atoms with Crippen molar-refractivity contribution in [2.45, 2.75) is 6.54 Å². The highest BCUT2D eigenvalue weighted by Gasteiger charge is 2.03. The Morgan fingerprint density at radius 3 is 2.57 bits per heavy atom. The molecule has 0 aliphatic carbocycles. The normalized spacial score (nSPS) is 10.0. The van der Waals surface area contributed by atoms with Crippen LogP contribution in [-0.4, -0.2) is 9.78 Å². The number of nitrogens with zero attached hydrogens (tertiary/aromatic N) is 3. The van der Waals surface area contributed by atoms with Gasteiger partial charge in [0, 0.05) is 6.20 Å². The summed E-state index contributed by atoms with van der Waals surface area (Å²) in [6.45, 7) is 0.582. The van der Waals surface area contributed by atoms with Crippen molar-refractivity contribution in [2.24, 2.45) is 0 Å². The highest BCUT2D eigenvalue weighted by atomic mass is 15.3. The van der Waals surface area contributed by atoms with Crippen LogP contribution in [0.15, 0.2) is 66.9 Å². The molecule has 3 aromatic rings. The zero-order valence-electron chi connectivity index (χ0n) is 11.4. The van der Waals surface area contributed by atoms with Gasteiger partial charge in [-0.1, -0.05) is 30.3 Å². The predicted octanol–water partition coefficient (Wildman–Crippen LogP) is 3.36. The number of aromatic nitrogens is 2. The van der Waals surface area contributed by atoms with Crippen molar-refractivity contribution in [1.29, 1.82) is 5.26 Å². The van der Waals surface area contributed by atoms with E-state index in [-0.39, 0.29) is 0 Å². The number of hydrogen-bond acceptors (Lipinski definition) is 3. The van der Waals surface area contributed by atoms with Gasteiger partial charge in [-0.25, -0.2) is 4.68 Å². The van der Waals surface area contributed by atoms with Crippen LogP contribution in [0.3, 0.4) is 0 Å². The van der Waals surface area contributed by atoms with E-state index in [4.69, 9.17) is 5.26 Å². The van der Waals surface area contributed by atoms with Crippen molar-refractivity contribution in [1.82, 2.24) is 9.78 Å². The Bertz CT molecular complexity index is 769. The third-order valence-corrected chi connectivity index (χ3v) is 3.17. The molecule has 0 spiro atoms. The molecule has 0 saturated heterocycles. The highest BCUT2D eigenvalue weighted by Crippen LogP contribution is 2.15. The molecule has 0 saturated carbocycles. The fraction of sp³-hybridized carbons (Fsp3) is 0.0588. The monoisotopic (exact) mass is 274 g/mol. The second-order valence-electron chi connectivity index (χ2n) is 4.60. The van der Waals surface area contributed by atoms with E-state index < -0.39 is 0 Å². The molecule has 0 fully saturated rings. The molecule has 0 atom stereocenters. The molecule has 4 nitrogen and oxygen atoms in total. The zero-order valence-corrected chi connectivity index (χ0v) is 11.4. The lowest BCUT2D eigenvalue weighted by Gasteiger charge is -2.06. The minimum absolute atomic E-state index is 0.582. The van der Waals surface area contributed by atoms with Gasteiger partial charge in [0.15, 0.2) is 0 Å². The van der Waals surface area contributed by atoms with Crippen molar-refractivity contribution < 1.29 is 0 Å². The lowest BCUT2D eigenvalue weighted by Crippen LogP contribution is -2.03. The van der Waals surface area contributed by atoms with Gasteiger partial charge in [0.1, 0.15) is 6.07 Å². The molecule has 0 unspecified atom stereocenters. The number of nitrogens with one attached hydrogen (secondary N) is 1. The van der Waals surface area contributed by atoms with Gasteiger partial charge in [-0.3, -0.25) is 0 Å². The minimum Gasteiger partial charge on any atom is -0.378 e. The first-order valence-corrected chi connectivity index (χ1v) is 6.70. The van der Waals surface area contributed by atoms with Gasteiger partial charge in [0.25, 0.3) is 0 Å². The van der Waals surface area contributed by atoms with E-state index in [0.717, 1.165) is 17.1 Å². The van der Waals surface area contributed by atoms with Crippen LogP contribution < -0.4 is 5.32 Å². The lowest BCUT2D eigenvalue weighted by atomic mass is 10.2. The zero-order chi connectivity index (χ0) is 14.5. The van der Waals surface area contributed by atoms with E-state index in [9.17, 15) is 0 Å². The van der Waals surface area contributed by atoms with Crippen LogP contribution in [0, 0.1) is 11.3 Å². The van der Waals surface area contributed by atoms with Gasteiger partial charge in [-0.05, 0) is 30.3 Å². The Hall–Kier alpha value is -3.06. The smallest absolute Gasteiger partial charge is 0.101 e. The molecule has 0 aliphatic rings. The summed E-state index contributed by atoms with van der Waals surface area (Å²) in [5.41, 5.74) is 3.42. The summed E-state index contributed by atoms with van der Waals surface area (Å²) >= 11 is 0. The van der Waals surface area contributed by atoms with Crippen LogP contribution in [0.1, 0.15) is 11.3 Å². The first-order valence-electron chi connectivity index (χ1n) is 6.70. The lowest BCUT2D eigenvalue weighted by molar-refractivity contribution is 0.844. The Labute approximate surface area is 123 Å². The molecule has 0 radical (unpaired) electrons. The fourth-order valence-electron chi connectivity index (χ4n) is 2.10. The van der Waals surface area contributed by atoms with Crippen molar-refractivity contribution in [2.75, 3.05) is 5.32 Å². The Kier molecular flexibility index (Phi) is 3.66. The average molecular weight is 274 g/mol. The quantitative estimate of drug-likeness (QED) is 0.793. The molecule has 0 bridgehead atoms. The number of hydrogen-bond donors (Lipinski definition) is 1. The molecule has 3 rings (SSSR count). The van der Waals surface area contributed by atoms with E-state index in [0.29, 0.717) is 12.1 Å². The van der Waals surface area contributed by atoms with Gasteiger partial charge in [0.05, 0.1) is 29.2 Å². The van der Waals surface area contributed by atoms with Gasteiger partial charge < -0.3 is 5.32 Å². The largest absolute Gasteiger partial charge is 0.378 e. The Morgan fingerprint density at radius 2 is 1.76 bits per heavy atom. The van der Waals surface area contributed by atoms with Crippen molar-refractivity contribution >= 4 is 5.69 Å². The second kappa shape index (κ2) is 5.93. The average Bonchev–Trinajstić information content (AvgIpc) is 3.03. The molecule has 0 aliphatic heterocycles. The van der Waals surface area contributed by atoms with Crippen LogP contribution in [0.5, 0.6) is 0 Å². The summed E-state index contributed by atoms with van der Waals surface area (Å²) < 4.78 is 1.84. The Balaban J connectivity index is 1.72. The van der Waals surface area contributed by atoms with Crippen molar-refractivity contribution in [3.8, 4) is 11.8 Å². The molecular formula is C17H14N4. The third-order valence-electron chi connectivity index (χ3n) is 3.17. The molecule has 4 heteroatoms. The molecule has 0 amide bonds. The molecule has 1 heterocycles. The van der Waals surface area contributed by atoms with Crippen molar-refractivity contribution in [3.63, 3.8) is 0 Å². The number of para-hydroxylation sites is 2. The van der Waals surface area contributed by atoms with Gasteiger partial charge >= 0.3 is 0 Å². The Morgan fingerprint density at radius 1 is 1.00 bits per heavy atom.